The summed E-state index contributed by atoms with van der Waals surface area (Å²) < 4.78 is 30.7. The van der Waals surface area contributed by atoms with Crippen molar-refractivity contribution < 1.29 is 17.9 Å². The van der Waals surface area contributed by atoms with Crippen LogP contribution < -0.4 is 10.6 Å². The van der Waals surface area contributed by atoms with Crippen LogP contribution in [0.5, 0.6) is 0 Å². The van der Waals surface area contributed by atoms with Gasteiger partial charge in [-0.25, -0.2) is 13.2 Å². The lowest BCUT2D eigenvalue weighted by atomic mass is 10.2. The number of hydrogen-bond acceptors (Lipinski definition) is 5. The number of guanidine groups is 1. The molecule has 29 heavy (non-hydrogen) atoms. The summed E-state index contributed by atoms with van der Waals surface area (Å²) in [4.78, 5) is 18.8. The van der Waals surface area contributed by atoms with E-state index in [2.05, 4.69) is 15.5 Å². The molecule has 0 bridgehead atoms. The van der Waals surface area contributed by atoms with Gasteiger partial charge < -0.3 is 20.3 Å². The molecule has 0 spiro atoms. The minimum Gasteiger partial charge on any atom is -0.444 e. The molecule has 0 aromatic carbocycles. The van der Waals surface area contributed by atoms with Gasteiger partial charge in [-0.1, -0.05) is 0 Å². The van der Waals surface area contributed by atoms with Gasteiger partial charge in [-0.3, -0.25) is 4.99 Å². The van der Waals surface area contributed by atoms with Crippen molar-refractivity contribution >= 4 is 46.1 Å². The van der Waals surface area contributed by atoms with E-state index in [9.17, 15) is 13.2 Å². The summed E-state index contributed by atoms with van der Waals surface area (Å²) >= 11 is 0. The number of rotatable bonds is 5. The Hall–Kier alpha value is -0.820. The average molecular weight is 545 g/mol. The number of carbonyl (C=O) groups is 1. The normalized spacial score (nSPS) is 23.6. The SMILES string of the molecule is CCNC(=NC[C@H]1CCCN1S(C)(=O)=O)N1CC[C@@H](NC(=O)OC(C)(C)C)C1.I. The molecular weight excluding hydrogens is 509 g/mol. The number of hydrogen-bond donors (Lipinski definition) is 2. The van der Waals surface area contributed by atoms with E-state index in [1.165, 1.54) is 6.26 Å². The number of aliphatic imine (C=N–C) groups is 1. The maximum atomic E-state index is 12.0. The van der Waals surface area contributed by atoms with Crippen molar-refractivity contribution in [2.24, 2.45) is 4.99 Å². The van der Waals surface area contributed by atoms with E-state index in [4.69, 9.17) is 9.73 Å². The number of amides is 1. The molecule has 2 rings (SSSR count). The summed E-state index contributed by atoms with van der Waals surface area (Å²) in [6.07, 6.45) is 3.36. The van der Waals surface area contributed by atoms with E-state index in [0.29, 0.717) is 19.6 Å². The molecule has 2 fully saturated rings. The predicted molar refractivity (Wildman–Crippen MR) is 125 cm³/mol. The van der Waals surface area contributed by atoms with Crippen LogP contribution in [0.1, 0.15) is 47.0 Å². The van der Waals surface area contributed by atoms with Crippen molar-refractivity contribution in [2.75, 3.05) is 39.0 Å². The third-order valence-corrected chi connectivity index (χ3v) is 6.08. The quantitative estimate of drug-likeness (QED) is 0.309. The molecule has 0 unspecified atom stereocenters. The van der Waals surface area contributed by atoms with Gasteiger partial charge in [-0.15, -0.1) is 24.0 Å². The van der Waals surface area contributed by atoms with Gasteiger partial charge in [0.1, 0.15) is 5.60 Å². The van der Waals surface area contributed by atoms with Crippen molar-refractivity contribution in [2.45, 2.75) is 64.6 Å². The maximum Gasteiger partial charge on any atom is 0.407 e. The Kier molecular flexibility index (Phi) is 9.93. The first-order chi connectivity index (χ1) is 13.0. The summed E-state index contributed by atoms with van der Waals surface area (Å²) in [6, 6.07) is -0.0837. The van der Waals surface area contributed by atoms with Gasteiger partial charge in [0.05, 0.1) is 18.8 Å². The highest BCUT2D eigenvalue weighted by molar-refractivity contribution is 14.0. The van der Waals surface area contributed by atoms with Crippen LogP contribution in [0.3, 0.4) is 0 Å². The fourth-order valence-corrected chi connectivity index (χ4v) is 4.77. The summed E-state index contributed by atoms with van der Waals surface area (Å²) in [5, 5.41) is 6.19. The molecule has 2 atom stereocenters. The van der Waals surface area contributed by atoms with E-state index in [1.54, 1.807) is 4.31 Å². The Morgan fingerprint density at radius 2 is 1.93 bits per heavy atom. The first-order valence-electron chi connectivity index (χ1n) is 9.99. The molecule has 0 aromatic rings. The minimum atomic E-state index is -3.20. The topological polar surface area (TPSA) is 103 Å². The molecule has 2 aliphatic rings. The van der Waals surface area contributed by atoms with E-state index in [0.717, 1.165) is 38.3 Å². The number of alkyl carbamates (subject to hydrolysis) is 1. The molecule has 2 aliphatic heterocycles. The lowest BCUT2D eigenvalue weighted by Crippen LogP contribution is -2.45. The van der Waals surface area contributed by atoms with Crippen LogP contribution in [0.25, 0.3) is 0 Å². The lowest BCUT2D eigenvalue weighted by molar-refractivity contribution is 0.0507. The van der Waals surface area contributed by atoms with Crippen LogP contribution in [-0.2, 0) is 14.8 Å². The molecule has 11 heteroatoms. The Balaban J connectivity index is 0.00000420. The highest BCUT2D eigenvalue weighted by Gasteiger charge is 2.32. The van der Waals surface area contributed by atoms with E-state index in [-0.39, 0.29) is 36.1 Å². The molecule has 170 valence electrons. The monoisotopic (exact) mass is 545 g/mol. The largest absolute Gasteiger partial charge is 0.444 e. The van der Waals surface area contributed by atoms with Crippen LogP contribution in [0.2, 0.25) is 0 Å². The van der Waals surface area contributed by atoms with Crippen molar-refractivity contribution in [3.05, 3.63) is 0 Å². The van der Waals surface area contributed by atoms with Gasteiger partial charge in [0.2, 0.25) is 10.0 Å². The molecule has 0 aromatic heterocycles. The molecule has 0 saturated carbocycles. The Bertz CT molecular complexity index is 680. The van der Waals surface area contributed by atoms with E-state index < -0.39 is 21.7 Å². The summed E-state index contributed by atoms with van der Waals surface area (Å²) in [6.45, 7) is 10.7. The van der Waals surface area contributed by atoms with Crippen LogP contribution in [-0.4, -0.2) is 86.3 Å². The molecule has 2 N–H and O–H groups in total. The first kappa shape index (κ1) is 26.2. The van der Waals surface area contributed by atoms with Crippen LogP contribution in [0, 0.1) is 0 Å². The van der Waals surface area contributed by atoms with Crippen molar-refractivity contribution in [3.63, 3.8) is 0 Å². The second kappa shape index (κ2) is 11.0. The zero-order valence-corrected chi connectivity index (χ0v) is 21.2. The van der Waals surface area contributed by atoms with Crippen LogP contribution in [0.15, 0.2) is 4.99 Å². The molecular formula is C18H36IN5O4S. The van der Waals surface area contributed by atoms with Gasteiger partial charge in [-0.05, 0) is 47.0 Å². The van der Waals surface area contributed by atoms with E-state index >= 15 is 0 Å². The van der Waals surface area contributed by atoms with Crippen LogP contribution in [0.4, 0.5) is 4.79 Å². The van der Waals surface area contributed by atoms with Crippen molar-refractivity contribution in [1.82, 2.24) is 19.8 Å². The predicted octanol–water partition coefficient (Wildman–Crippen LogP) is 1.59. The molecule has 0 radical (unpaired) electrons. The zero-order chi connectivity index (χ0) is 20.9. The smallest absolute Gasteiger partial charge is 0.407 e. The number of likely N-dealkylation sites (tertiary alicyclic amines) is 1. The highest BCUT2D eigenvalue weighted by Crippen LogP contribution is 2.21. The fraction of sp³-hybridized carbons (Fsp3) is 0.889. The van der Waals surface area contributed by atoms with Gasteiger partial charge in [0.25, 0.3) is 0 Å². The standard InChI is InChI=1S/C18H35N5O4S.HI/c1-6-19-16(20-12-15-8-7-10-23(15)28(5,25)26)22-11-9-14(13-22)21-17(24)27-18(2,3)4;/h14-15H,6-13H2,1-5H3,(H,19,20)(H,21,24);1H/t14-,15-;/m1./s1. The summed E-state index contributed by atoms with van der Waals surface area (Å²) in [5.41, 5.74) is -0.522. The number of nitrogens with zero attached hydrogens (tertiary/aromatic N) is 3. The Morgan fingerprint density at radius 1 is 1.24 bits per heavy atom. The van der Waals surface area contributed by atoms with Gasteiger partial charge in [-0.2, -0.15) is 4.31 Å². The molecule has 2 saturated heterocycles. The first-order valence-corrected chi connectivity index (χ1v) is 11.8. The van der Waals surface area contributed by atoms with Crippen molar-refractivity contribution in [1.29, 1.82) is 0 Å². The second-order valence-electron chi connectivity index (χ2n) is 8.44. The number of ether oxygens (including phenoxy) is 1. The van der Waals surface area contributed by atoms with Gasteiger partial charge in [0.15, 0.2) is 5.96 Å². The molecule has 9 nitrogen and oxygen atoms in total. The Labute approximate surface area is 192 Å². The molecule has 0 aliphatic carbocycles. The highest BCUT2D eigenvalue weighted by atomic mass is 127. The van der Waals surface area contributed by atoms with Gasteiger partial charge >= 0.3 is 6.09 Å². The second-order valence-corrected chi connectivity index (χ2v) is 10.4. The minimum absolute atomic E-state index is 0. The summed E-state index contributed by atoms with van der Waals surface area (Å²) in [5.74, 6) is 0.760. The maximum absolute atomic E-state index is 12.0. The summed E-state index contributed by atoms with van der Waals surface area (Å²) in [7, 11) is -3.20. The Morgan fingerprint density at radius 3 is 2.52 bits per heavy atom. The fourth-order valence-electron chi connectivity index (χ4n) is 3.59. The lowest BCUT2D eigenvalue weighted by Gasteiger charge is -2.25. The number of carbonyl (C=O) groups excluding carboxylic acids is 1. The van der Waals surface area contributed by atoms with E-state index in [1.807, 2.05) is 27.7 Å². The third kappa shape index (κ3) is 8.44. The average Bonchev–Trinajstić information content (AvgIpc) is 3.18. The zero-order valence-electron chi connectivity index (χ0n) is 18.1. The number of sulfonamides is 1. The van der Waals surface area contributed by atoms with Crippen molar-refractivity contribution in [3.8, 4) is 0 Å². The molecule has 1 amide bonds. The van der Waals surface area contributed by atoms with Gasteiger partial charge in [0, 0.05) is 32.2 Å². The van der Waals surface area contributed by atoms with Crippen LogP contribution >= 0.6 is 24.0 Å². The molecule has 2 heterocycles. The number of nitrogens with one attached hydrogen (secondary N) is 2. The number of halogens is 1. The third-order valence-electron chi connectivity index (χ3n) is 4.74.